The van der Waals surface area contributed by atoms with E-state index in [1.807, 2.05) is 0 Å². The molecular formula is C19H20N4O5S. The Kier molecular flexibility index (Phi) is 5.73. The summed E-state index contributed by atoms with van der Waals surface area (Å²) in [5, 5.41) is 9.00. The molecule has 0 saturated carbocycles. The Morgan fingerprint density at radius 1 is 1.24 bits per heavy atom. The number of fused-ring (bicyclic) bond motifs is 1. The maximum Gasteiger partial charge on any atom is 0.332 e. The number of carboxylic acid groups (broad SMARTS) is 1. The van der Waals surface area contributed by atoms with E-state index in [9.17, 15) is 19.5 Å². The molecule has 0 aliphatic carbocycles. The van der Waals surface area contributed by atoms with Gasteiger partial charge in [-0.3, -0.25) is 18.7 Å². The molecule has 0 radical (unpaired) electrons. The van der Waals surface area contributed by atoms with Gasteiger partial charge in [0, 0.05) is 19.7 Å². The minimum atomic E-state index is -1.01. The molecule has 0 fully saturated rings. The molecule has 0 saturated heterocycles. The first-order valence-corrected chi connectivity index (χ1v) is 9.68. The topological polar surface area (TPSA) is 116 Å². The molecule has 0 unspecified atom stereocenters. The Morgan fingerprint density at radius 3 is 2.59 bits per heavy atom. The van der Waals surface area contributed by atoms with Crippen molar-refractivity contribution < 1.29 is 14.6 Å². The predicted octanol–water partition coefficient (Wildman–Crippen LogP) is 1.66. The fourth-order valence-electron chi connectivity index (χ4n) is 2.85. The molecule has 1 N–H and O–H groups in total. The summed E-state index contributed by atoms with van der Waals surface area (Å²) in [6.07, 6.45) is 0.339. The van der Waals surface area contributed by atoms with Crippen LogP contribution in [0.5, 0.6) is 5.75 Å². The van der Waals surface area contributed by atoms with Crippen molar-refractivity contribution >= 4 is 28.8 Å². The highest BCUT2D eigenvalue weighted by atomic mass is 32.2. The van der Waals surface area contributed by atoms with E-state index in [4.69, 9.17) is 4.74 Å². The van der Waals surface area contributed by atoms with E-state index < -0.39 is 22.5 Å². The van der Waals surface area contributed by atoms with Gasteiger partial charge < -0.3 is 9.84 Å². The zero-order valence-corrected chi connectivity index (χ0v) is 17.2. The van der Waals surface area contributed by atoms with E-state index in [1.54, 1.807) is 31.2 Å². The first-order valence-electron chi connectivity index (χ1n) is 8.80. The van der Waals surface area contributed by atoms with Crippen LogP contribution < -0.4 is 16.0 Å². The van der Waals surface area contributed by atoms with E-state index in [2.05, 4.69) is 9.97 Å². The Balaban J connectivity index is 2.37. The number of aliphatic carboxylic acids is 1. The van der Waals surface area contributed by atoms with Crippen molar-refractivity contribution in [3.8, 4) is 17.1 Å². The number of aryl methyl sites for hydroxylation is 1. The number of methoxy groups -OCH3 is 1. The smallest absolute Gasteiger partial charge is 0.332 e. The minimum absolute atomic E-state index is 0.117. The van der Waals surface area contributed by atoms with Gasteiger partial charge in [0.25, 0.3) is 5.56 Å². The summed E-state index contributed by atoms with van der Waals surface area (Å²) in [7, 11) is 4.41. The van der Waals surface area contributed by atoms with Crippen molar-refractivity contribution in [3.05, 3.63) is 45.1 Å². The Labute approximate surface area is 170 Å². The molecule has 2 aromatic heterocycles. The average Bonchev–Trinajstić information content (AvgIpc) is 2.73. The third-order valence-electron chi connectivity index (χ3n) is 4.49. The summed E-state index contributed by atoms with van der Waals surface area (Å²) in [4.78, 5) is 45.7. The van der Waals surface area contributed by atoms with Gasteiger partial charge >= 0.3 is 11.7 Å². The number of carbonyl (C=O) groups is 1. The van der Waals surface area contributed by atoms with Crippen LogP contribution in [0.25, 0.3) is 22.4 Å². The first kappa shape index (κ1) is 20.6. The van der Waals surface area contributed by atoms with Gasteiger partial charge in [-0.25, -0.2) is 14.8 Å². The zero-order valence-electron chi connectivity index (χ0n) is 16.4. The molecule has 152 valence electrons. The largest absolute Gasteiger partial charge is 0.497 e. The molecule has 0 spiro atoms. The molecule has 9 nitrogen and oxygen atoms in total. The van der Waals surface area contributed by atoms with E-state index in [0.29, 0.717) is 17.7 Å². The lowest BCUT2D eigenvalue weighted by atomic mass is 10.2. The summed E-state index contributed by atoms with van der Waals surface area (Å²) >= 11 is 0.972. The average molecular weight is 416 g/mol. The molecule has 0 aliphatic heterocycles. The zero-order chi connectivity index (χ0) is 21.3. The summed E-state index contributed by atoms with van der Waals surface area (Å²) in [5.41, 5.74) is -0.333. The first-order chi connectivity index (χ1) is 13.8. The Morgan fingerprint density at radius 2 is 1.97 bits per heavy atom. The normalized spacial score (nSPS) is 12.1. The van der Waals surface area contributed by atoms with Crippen LogP contribution in [0.4, 0.5) is 0 Å². The Hall–Kier alpha value is -3.14. The Bertz CT molecular complexity index is 1220. The van der Waals surface area contributed by atoms with Gasteiger partial charge in [-0.05, 0) is 18.6 Å². The molecule has 0 bridgehead atoms. The lowest BCUT2D eigenvalue weighted by Gasteiger charge is -2.14. The monoisotopic (exact) mass is 416 g/mol. The van der Waals surface area contributed by atoms with E-state index in [0.717, 1.165) is 16.3 Å². The quantitative estimate of drug-likeness (QED) is 0.476. The van der Waals surface area contributed by atoms with Crippen molar-refractivity contribution in [3.63, 3.8) is 0 Å². The fourth-order valence-corrected chi connectivity index (χ4v) is 3.82. The molecular weight excluding hydrogens is 396 g/mol. The fraction of sp³-hybridized carbons (Fsp3) is 0.316. The van der Waals surface area contributed by atoms with Crippen LogP contribution in [0.1, 0.15) is 13.3 Å². The molecule has 3 rings (SSSR count). The predicted molar refractivity (Wildman–Crippen MR) is 110 cm³/mol. The van der Waals surface area contributed by atoms with Crippen LogP contribution in [-0.4, -0.2) is 42.5 Å². The maximum atomic E-state index is 12.8. The van der Waals surface area contributed by atoms with E-state index in [1.165, 1.54) is 25.8 Å². The number of hydrogen-bond donors (Lipinski definition) is 1. The number of aromatic nitrogens is 4. The second-order valence-electron chi connectivity index (χ2n) is 6.34. The number of thioether (sulfide) groups is 1. The van der Waals surface area contributed by atoms with Gasteiger partial charge in [0.05, 0.1) is 7.11 Å². The number of carboxylic acids is 1. The van der Waals surface area contributed by atoms with Gasteiger partial charge in [-0.15, -0.1) is 0 Å². The molecule has 0 amide bonds. The second-order valence-corrected chi connectivity index (χ2v) is 7.53. The van der Waals surface area contributed by atoms with Gasteiger partial charge in [-0.2, -0.15) is 0 Å². The highest BCUT2D eigenvalue weighted by Crippen LogP contribution is 2.31. The lowest BCUT2D eigenvalue weighted by molar-refractivity contribution is -0.136. The summed E-state index contributed by atoms with van der Waals surface area (Å²) < 4.78 is 7.46. The molecule has 0 aliphatic rings. The van der Waals surface area contributed by atoms with Crippen molar-refractivity contribution in [2.75, 3.05) is 7.11 Å². The number of benzene rings is 1. The second kappa shape index (κ2) is 8.08. The van der Waals surface area contributed by atoms with Crippen LogP contribution in [0.3, 0.4) is 0 Å². The van der Waals surface area contributed by atoms with Crippen LogP contribution in [-0.2, 0) is 18.9 Å². The van der Waals surface area contributed by atoms with Crippen LogP contribution in [0.2, 0.25) is 0 Å². The highest BCUT2D eigenvalue weighted by Gasteiger charge is 2.23. The molecule has 3 aromatic rings. The van der Waals surface area contributed by atoms with Gasteiger partial charge in [-0.1, -0.05) is 30.8 Å². The van der Waals surface area contributed by atoms with Crippen molar-refractivity contribution in [1.29, 1.82) is 0 Å². The molecule has 1 aromatic carbocycles. The highest BCUT2D eigenvalue weighted by molar-refractivity contribution is 8.00. The molecule has 2 heterocycles. The van der Waals surface area contributed by atoms with E-state index in [-0.39, 0.29) is 21.9 Å². The van der Waals surface area contributed by atoms with E-state index >= 15 is 0 Å². The van der Waals surface area contributed by atoms with Crippen LogP contribution in [0.15, 0.2) is 38.9 Å². The standard InChI is InChI=1S/C19H20N4O5S/c1-5-12(18(25)26)29-16-13-15(22(2)19(27)23(3)17(13)24)20-14(21-16)10-7-6-8-11(9-10)28-4/h6-9,12H,5H2,1-4H3,(H,25,26)/t12-/m1/s1. The van der Waals surface area contributed by atoms with Crippen LogP contribution in [0, 0.1) is 0 Å². The summed E-state index contributed by atoms with van der Waals surface area (Å²) in [6, 6.07) is 7.03. The minimum Gasteiger partial charge on any atom is -0.497 e. The third-order valence-corrected chi connectivity index (χ3v) is 5.83. The number of ether oxygens (including phenoxy) is 1. The van der Waals surface area contributed by atoms with Gasteiger partial charge in [0.15, 0.2) is 11.5 Å². The van der Waals surface area contributed by atoms with Crippen molar-refractivity contribution in [1.82, 2.24) is 19.1 Å². The maximum absolute atomic E-state index is 12.8. The number of hydrogen-bond acceptors (Lipinski definition) is 7. The summed E-state index contributed by atoms with van der Waals surface area (Å²) in [6.45, 7) is 1.74. The third kappa shape index (κ3) is 3.75. The van der Waals surface area contributed by atoms with Crippen molar-refractivity contribution in [2.24, 2.45) is 14.1 Å². The molecule has 1 atom stereocenters. The SMILES string of the molecule is CC[C@@H](Sc1nc(-c2cccc(OC)c2)nc2c1c(=O)n(C)c(=O)n2C)C(=O)O. The number of nitrogens with zero attached hydrogens (tertiary/aromatic N) is 4. The van der Waals surface area contributed by atoms with Crippen LogP contribution >= 0.6 is 11.8 Å². The molecule has 29 heavy (non-hydrogen) atoms. The number of rotatable bonds is 6. The lowest BCUT2D eigenvalue weighted by Crippen LogP contribution is -2.37. The van der Waals surface area contributed by atoms with Gasteiger partial charge in [0.2, 0.25) is 0 Å². The van der Waals surface area contributed by atoms with Gasteiger partial charge in [0.1, 0.15) is 21.4 Å². The molecule has 10 heteroatoms. The van der Waals surface area contributed by atoms with Crippen molar-refractivity contribution in [2.45, 2.75) is 23.6 Å². The summed E-state index contributed by atoms with van der Waals surface area (Å²) in [5.74, 6) is -0.147.